The molecule has 0 aliphatic heterocycles. The van der Waals surface area contributed by atoms with Crippen LogP contribution in [0.25, 0.3) is 0 Å². The molecule has 0 aliphatic carbocycles. The van der Waals surface area contributed by atoms with Gasteiger partial charge in [0.2, 0.25) is 0 Å². The van der Waals surface area contributed by atoms with E-state index in [-0.39, 0.29) is 0 Å². The molecule has 0 radical (unpaired) electrons. The molecule has 14 heavy (non-hydrogen) atoms. The lowest BCUT2D eigenvalue weighted by atomic mass is 10.1. The number of thioether (sulfide) groups is 1. The molecule has 0 heterocycles. The summed E-state index contributed by atoms with van der Waals surface area (Å²) >= 11 is 1.65. The van der Waals surface area contributed by atoms with E-state index in [1.165, 1.54) is 4.90 Å². The van der Waals surface area contributed by atoms with Crippen molar-refractivity contribution < 1.29 is 5.11 Å². The van der Waals surface area contributed by atoms with Crippen LogP contribution in [0, 0.1) is 11.3 Å². The van der Waals surface area contributed by atoms with Gasteiger partial charge in [0.15, 0.2) is 0 Å². The van der Waals surface area contributed by atoms with Crippen molar-refractivity contribution in [2.45, 2.75) is 23.8 Å². The second kappa shape index (κ2) is 5.04. The molecule has 0 amide bonds. The maximum Gasteiger partial charge on any atom is 0.149 e. The van der Waals surface area contributed by atoms with Gasteiger partial charge in [-0.05, 0) is 25.5 Å². The Kier molecular flexibility index (Phi) is 3.99. The van der Waals surface area contributed by atoms with Crippen LogP contribution < -0.4 is 0 Å². The van der Waals surface area contributed by atoms with Gasteiger partial charge in [0, 0.05) is 10.6 Å². The van der Waals surface area contributed by atoms with Crippen LogP contribution in [0.3, 0.4) is 0 Å². The zero-order valence-corrected chi connectivity index (χ0v) is 8.92. The smallest absolute Gasteiger partial charge is 0.149 e. The highest BCUT2D eigenvalue weighted by molar-refractivity contribution is 7.99. The molecular formula is C11H13NOS. The van der Waals surface area contributed by atoms with E-state index in [2.05, 4.69) is 0 Å². The number of benzene rings is 1. The van der Waals surface area contributed by atoms with Crippen LogP contribution in [-0.4, -0.2) is 16.5 Å². The third kappa shape index (κ3) is 3.82. The standard InChI is InChI=1S/C11H13NOS/c1-11(13,9-12)7-8-14-10-5-3-2-4-6-10/h2-6,13H,7-8H2,1H3/t11-/m0/s1. The lowest BCUT2D eigenvalue weighted by Crippen LogP contribution is -2.21. The summed E-state index contributed by atoms with van der Waals surface area (Å²) in [6.07, 6.45) is 0.489. The van der Waals surface area contributed by atoms with Crippen molar-refractivity contribution in [2.75, 3.05) is 5.75 Å². The number of aliphatic hydroxyl groups is 1. The highest BCUT2D eigenvalue weighted by Gasteiger charge is 2.18. The Morgan fingerprint density at radius 3 is 2.64 bits per heavy atom. The molecule has 3 heteroatoms. The summed E-state index contributed by atoms with van der Waals surface area (Å²) < 4.78 is 0. The van der Waals surface area contributed by atoms with Gasteiger partial charge < -0.3 is 5.11 Å². The van der Waals surface area contributed by atoms with E-state index >= 15 is 0 Å². The van der Waals surface area contributed by atoms with Gasteiger partial charge in [-0.15, -0.1) is 11.8 Å². The van der Waals surface area contributed by atoms with Gasteiger partial charge in [0.25, 0.3) is 0 Å². The van der Waals surface area contributed by atoms with Crippen molar-refractivity contribution in [1.82, 2.24) is 0 Å². The lowest BCUT2D eigenvalue weighted by molar-refractivity contribution is 0.117. The quantitative estimate of drug-likeness (QED) is 0.609. The number of nitrogens with zero attached hydrogens (tertiary/aromatic N) is 1. The topological polar surface area (TPSA) is 44.0 Å². The van der Waals surface area contributed by atoms with Crippen LogP contribution in [-0.2, 0) is 0 Å². The third-order valence-corrected chi connectivity index (χ3v) is 2.86. The van der Waals surface area contributed by atoms with E-state index in [1.54, 1.807) is 18.7 Å². The van der Waals surface area contributed by atoms with Gasteiger partial charge in [-0.1, -0.05) is 18.2 Å². The molecular weight excluding hydrogens is 194 g/mol. The molecule has 0 unspecified atom stereocenters. The van der Waals surface area contributed by atoms with Gasteiger partial charge >= 0.3 is 0 Å². The van der Waals surface area contributed by atoms with Crippen molar-refractivity contribution in [3.05, 3.63) is 30.3 Å². The molecule has 2 nitrogen and oxygen atoms in total. The molecule has 0 bridgehead atoms. The second-order valence-corrected chi connectivity index (χ2v) is 4.47. The molecule has 1 rings (SSSR count). The molecule has 0 aliphatic rings. The molecule has 1 N–H and O–H groups in total. The van der Waals surface area contributed by atoms with Crippen molar-refractivity contribution >= 4 is 11.8 Å². The van der Waals surface area contributed by atoms with Crippen LogP contribution >= 0.6 is 11.8 Å². The minimum absolute atomic E-state index is 0.489. The highest BCUT2D eigenvalue weighted by atomic mass is 32.2. The Bertz CT molecular complexity index is 316. The van der Waals surface area contributed by atoms with Gasteiger partial charge in [-0.2, -0.15) is 5.26 Å². The van der Waals surface area contributed by atoms with Crippen LogP contribution in [0.15, 0.2) is 35.2 Å². The summed E-state index contributed by atoms with van der Waals surface area (Å²) in [5, 5.41) is 18.0. The van der Waals surface area contributed by atoms with E-state index in [0.29, 0.717) is 6.42 Å². The van der Waals surface area contributed by atoms with Crippen LogP contribution in [0.5, 0.6) is 0 Å². The first-order valence-corrected chi connectivity index (χ1v) is 5.44. The average molecular weight is 207 g/mol. The first-order valence-electron chi connectivity index (χ1n) is 4.45. The number of hydrogen-bond acceptors (Lipinski definition) is 3. The monoisotopic (exact) mass is 207 g/mol. The summed E-state index contributed by atoms with van der Waals surface area (Å²) in [7, 11) is 0. The maximum atomic E-state index is 9.43. The van der Waals surface area contributed by atoms with Crippen LogP contribution in [0.2, 0.25) is 0 Å². The van der Waals surface area contributed by atoms with E-state index in [0.717, 1.165) is 5.75 Å². The second-order valence-electron chi connectivity index (χ2n) is 3.30. The molecule has 0 fully saturated rings. The Labute approximate surface area is 88.6 Å². The average Bonchev–Trinajstić information content (AvgIpc) is 2.19. The molecule has 0 saturated carbocycles. The zero-order valence-electron chi connectivity index (χ0n) is 8.10. The van der Waals surface area contributed by atoms with Gasteiger partial charge in [0.1, 0.15) is 5.60 Å². The van der Waals surface area contributed by atoms with E-state index in [9.17, 15) is 5.11 Å². The summed E-state index contributed by atoms with van der Waals surface area (Å²) in [4.78, 5) is 1.17. The fraction of sp³-hybridized carbons (Fsp3) is 0.364. The van der Waals surface area contributed by atoms with Gasteiger partial charge in [-0.3, -0.25) is 0 Å². The fourth-order valence-electron chi connectivity index (χ4n) is 0.940. The number of nitriles is 1. The van der Waals surface area contributed by atoms with Crippen LogP contribution in [0.1, 0.15) is 13.3 Å². The minimum Gasteiger partial charge on any atom is -0.376 e. The lowest BCUT2D eigenvalue weighted by Gasteiger charge is -2.12. The zero-order chi connectivity index (χ0) is 10.4. The summed E-state index contributed by atoms with van der Waals surface area (Å²) in [6.45, 7) is 1.54. The van der Waals surface area contributed by atoms with Crippen molar-refractivity contribution in [3.63, 3.8) is 0 Å². The third-order valence-electron chi connectivity index (χ3n) is 1.84. The van der Waals surface area contributed by atoms with Crippen LogP contribution in [0.4, 0.5) is 0 Å². The molecule has 0 saturated heterocycles. The summed E-state index contributed by atoms with van der Waals surface area (Å²) in [5.41, 5.74) is -1.19. The molecule has 0 spiro atoms. The number of rotatable bonds is 4. The molecule has 1 aromatic carbocycles. The van der Waals surface area contributed by atoms with Crippen molar-refractivity contribution in [3.8, 4) is 6.07 Å². The van der Waals surface area contributed by atoms with E-state index in [1.807, 2.05) is 36.4 Å². The predicted octanol–water partition coefficient (Wildman–Crippen LogP) is 2.44. The Morgan fingerprint density at radius 1 is 1.43 bits per heavy atom. The first-order chi connectivity index (χ1) is 6.64. The summed E-state index contributed by atoms with van der Waals surface area (Å²) in [6, 6.07) is 11.8. The Hall–Kier alpha value is -0.980. The Morgan fingerprint density at radius 2 is 2.07 bits per heavy atom. The highest BCUT2D eigenvalue weighted by Crippen LogP contribution is 2.20. The first kappa shape index (κ1) is 11.1. The van der Waals surface area contributed by atoms with Gasteiger partial charge in [0.05, 0.1) is 6.07 Å². The van der Waals surface area contributed by atoms with Crippen molar-refractivity contribution in [2.24, 2.45) is 0 Å². The minimum atomic E-state index is -1.19. The van der Waals surface area contributed by atoms with Gasteiger partial charge in [-0.25, -0.2) is 0 Å². The fourth-order valence-corrected chi connectivity index (χ4v) is 2.03. The van der Waals surface area contributed by atoms with E-state index < -0.39 is 5.60 Å². The summed E-state index contributed by atoms with van der Waals surface area (Å²) in [5.74, 6) is 0.755. The van der Waals surface area contributed by atoms with E-state index in [4.69, 9.17) is 5.26 Å². The van der Waals surface area contributed by atoms with Crippen molar-refractivity contribution in [1.29, 1.82) is 5.26 Å². The molecule has 1 aromatic rings. The normalized spacial score (nSPS) is 14.4. The molecule has 0 aromatic heterocycles. The predicted molar refractivity (Wildman–Crippen MR) is 58.0 cm³/mol. The molecule has 74 valence electrons. The largest absolute Gasteiger partial charge is 0.376 e. The Balaban J connectivity index is 2.34. The molecule has 1 atom stereocenters. The SMILES string of the molecule is C[C@@](O)(C#N)CCSc1ccccc1. The maximum absolute atomic E-state index is 9.43. The number of hydrogen-bond donors (Lipinski definition) is 1.